The number of carbonyl (C=O) groups is 1. The van der Waals surface area contributed by atoms with Gasteiger partial charge in [-0.25, -0.2) is 4.79 Å². The lowest BCUT2D eigenvalue weighted by atomic mass is 9.51. The van der Waals surface area contributed by atoms with Crippen molar-refractivity contribution in [1.29, 1.82) is 0 Å². The molecule has 0 radical (unpaired) electrons. The summed E-state index contributed by atoms with van der Waals surface area (Å²) in [6, 6.07) is 1.22. The van der Waals surface area contributed by atoms with Crippen LogP contribution >= 0.6 is 0 Å². The first-order valence-electron chi connectivity index (χ1n) is 10.1. The quantitative estimate of drug-likeness (QED) is 0.859. The van der Waals surface area contributed by atoms with Gasteiger partial charge in [-0.05, 0) is 65.0 Å². The number of amides is 2. The second-order valence-electron chi connectivity index (χ2n) is 8.23. The lowest BCUT2D eigenvalue weighted by molar-refractivity contribution is -0.170. The summed E-state index contributed by atoms with van der Waals surface area (Å²) in [6.07, 6.45) is 10.1. The van der Waals surface area contributed by atoms with Crippen LogP contribution in [0.3, 0.4) is 0 Å². The second-order valence-corrected chi connectivity index (χ2v) is 8.23. The van der Waals surface area contributed by atoms with E-state index < -0.39 is 0 Å². The standard InChI is InChI=1S/C19H33N3O2/c1-2-24-17-14-16(19(17)8-5-9-19)20-18(23)22-12-6-15(7-13-22)21-10-3-4-11-21/h15-17H,2-14H2,1H3,(H,20,23). The maximum Gasteiger partial charge on any atom is 0.317 e. The average Bonchev–Trinajstić information content (AvgIpc) is 3.06. The molecule has 0 aromatic carbocycles. The summed E-state index contributed by atoms with van der Waals surface area (Å²) in [6.45, 7) is 7.23. The maximum absolute atomic E-state index is 12.7. The summed E-state index contributed by atoms with van der Waals surface area (Å²) in [5.74, 6) is 0. The lowest BCUT2D eigenvalue weighted by Gasteiger charge is -2.61. The number of carbonyl (C=O) groups excluding carboxylic acids is 1. The number of nitrogens with zero attached hydrogens (tertiary/aromatic N) is 2. The van der Waals surface area contributed by atoms with Gasteiger partial charge in [-0.3, -0.25) is 0 Å². The molecule has 2 heterocycles. The Kier molecular flexibility index (Phi) is 4.74. The Morgan fingerprint density at radius 1 is 1.12 bits per heavy atom. The number of ether oxygens (including phenoxy) is 1. The van der Waals surface area contributed by atoms with Crippen molar-refractivity contribution in [3.8, 4) is 0 Å². The van der Waals surface area contributed by atoms with Gasteiger partial charge in [0, 0.05) is 37.2 Å². The van der Waals surface area contributed by atoms with E-state index in [0.717, 1.165) is 39.0 Å². The summed E-state index contributed by atoms with van der Waals surface area (Å²) in [7, 11) is 0. The molecule has 2 saturated heterocycles. The molecule has 5 heteroatoms. The van der Waals surface area contributed by atoms with E-state index in [9.17, 15) is 4.79 Å². The molecule has 0 aromatic rings. The third-order valence-electron chi connectivity index (χ3n) is 7.14. The number of nitrogens with one attached hydrogen (secondary N) is 1. The molecule has 2 atom stereocenters. The number of urea groups is 1. The molecular formula is C19H33N3O2. The summed E-state index contributed by atoms with van der Waals surface area (Å²) in [5.41, 5.74) is 0.263. The summed E-state index contributed by atoms with van der Waals surface area (Å²) >= 11 is 0. The van der Waals surface area contributed by atoms with E-state index >= 15 is 0 Å². The lowest BCUT2D eigenvalue weighted by Crippen LogP contribution is -2.68. The molecule has 24 heavy (non-hydrogen) atoms. The van der Waals surface area contributed by atoms with Crippen LogP contribution in [0.1, 0.15) is 58.3 Å². The largest absolute Gasteiger partial charge is 0.378 e. The molecule has 4 aliphatic rings. The second kappa shape index (κ2) is 6.83. The fourth-order valence-electron chi connectivity index (χ4n) is 5.42. The molecule has 4 rings (SSSR count). The molecule has 2 saturated carbocycles. The normalized spacial score (nSPS) is 33.3. The van der Waals surface area contributed by atoms with Gasteiger partial charge in [0.05, 0.1) is 6.10 Å². The predicted octanol–water partition coefficient (Wildman–Crippen LogP) is 2.60. The number of hydrogen-bond acceptors (Lipinski definition) is 3. The van der Waals surface area contributed by atoms with Crippen LogP contribution in [0.5, 0.6) is 0 Å². The van der Waals surface area contributed by atoms with Crippen molar-refractivity contribution in [2.75, 3.05) is 32.8 Å². The third kappa shape index (κ3) is 2.84. The molecule has 136 valence electrons. The van der Waals surface area contributed by atoms with Gasteiger partial charge in [0.15, 0.2) is 0 Å². The van der Waals surface area contributed by atoms with E-state index in [2.05, 4.69) is 17.1 Å². The Labute approximate surface area is 146 Å². The monoisotopic (exact) mass is 335 g/mol. The van der Waals surface area contributed by atoms with Crippen LogP contribution in [0.15, 0.2) is 0 Å². The predicted molar refractivity (Wildman–Crippen MR) is 94.0 cm³/mol. The Morgan fingerprint density at radius 3 is 2.42 bits per heavy atom. The minimum Gasteiger partial charge on any atom is -0.378 e. The fraction of sp³-hybridized carbons (Fsp3) is 0.947. The Balaban J connectivity index is 1.25. The van der Waals surface area contributed by atoms with E-state index in [1.165, 1.54) is 45.2 Å². The average molecular weight is 335 g/mol. The van der Waals surface area contributed by atoms with E-state index in [0.29, 0.717) is 18.2 Å². The zero-order valence-corrected chi connectivity index (χ0v) is 15.1. The topological polar surface area (TPSA) is 44.8 Å². The number of likely N-dealkylation sites (tertiary alicyclic amines) is 2. The molecule has 2 unspecified atom stereocenters. The van der Waals surface area contributed by atoms with Crippen molar-refractivity contribution >= 4 is 6.03 Å². The highest BCUT2D eigenvalue weighted by Crippen LogP contribution is 2.57. The molecule has 1 N–H and O–H groups in total. The molecule has 5 nitrogen and oxygen atoms in total. The zero-order chi connectivity index (χ0) is 16.6. The van der Waals surface area contributed by atoms with E-state index in [-0.39, 0.29) is 11.4 Å². The van der Waals surface area contributed by atoms with E-state index in [1.54, 1.807) is 0 Å². The van der Waals surface area contributed by atoms with Crippen molar-refractivity contribution in [2.45, 2.75) is 76.5 Å². The van der Waals surface area contributed by atoms with Crippen LogP contribution in [0.2, 0.25) is 0 Å². The van der Waals surface area contributed by atoms with Crippen LogP contribution in [0.25, 0.3) is 0 Å². The first-order chi connectivity index (χ1) is 11.7. The van der Waals surface area contributed by atoms with Gasteiger partial charge >= 0.3 is 6.03 Å². The molecule has 0 bridgehead atoms. The van der Waals surface area contributed by atoms with Crippen LogP contribution in [-0.4, -0.2) is 66.8 Å². The van der Waals surface area contributed by atoms with Gasteiger partial charge in [-0.2, -0.15) is 0 Å². The number of piperidine rings is 1. The molecule has 1 spiro atoms. The Bertz CT molecular complexity index is 452. The van der Waals surface area contributed by atoms with Crippen molar-refractivity contribution in [2.24, 2.45) is 5.41 Å². The number of rotatable bonds is 4. The first kappa shape index (κ1) is 16.6. The van der Waals surface area contributed by atoms with E-state index in [4.69, 9.17) is 4.74 Å². The number of hydrogen-bond donors (Lipinski definition) is 1. The molecule has 2 aliphatic carbocycles. The highest BCUT2D eigenvalue weighted by Gasteiger charge is 2.59. The summed E-state index contributed by atoms with van der Waals surface area (Å²) in [5, 5.41) is 3.35. The molecule has 0 aromatic heterocycles. The van der Waals surface area contributed by atoms with Gasteiger partial charge < -0.3 is 19.9 Å². The van der Waals surface area contributed by atoms with Crippen LogP contribution in [0, 0.1) is 5.41 Å². The van der Waals surface area contributed by atoms with Gasteiger partial charge in [-0.1, -0.05) is 6.42 Å². The van der Waals surface area contributed by atoms with E-state index in [1.807, 2.05) is 4.90 Å². The van der Waals surface area contributed by atoms with Crippen molar-refractivity contribution in [3.05, 3.63) is 0 Å². The van der Waals surface area contributed by atoms with Gasteiger partial charge in [0.2, 0.25) is 0 Å². The highest BCUT2D eigenvalue weighted by atomic mass is 16.5. The smallest absolute Gasteiger partial charge is 0.317 e. The van der Waals surface area contributed by atoms with Gasteiger partial charge in [-0.15, -0.1) is 0 Å². The zero-order valence-electron chi connectivity index (χ0n) is 15.1. The third-order valence-corrected chi connectivity index (χ3v) is 7.14. The van der Waals surface area contributed by atoms with Crippen molar-refractivity contribution in [1.82, 2.24) is 15.1 Å². The molecular weight excluding hydrogens is 302 g/mol. The Hall–Kier alpha value is -0.810. The van der Waals surface area contributed by atoms with Crippen molar-refractivity contribution in [3.63, 3.8) is 0 Å². The molecule has 4 fully saturated rings. The SMILES string of the molecule is CCOC1CC(NC(=O)N2CCC(N3CCCC3)CC2)C12CCC2. The van der Waals surface area contributed by atoms with Crippen molar-refractivity contribution < 1.29 is 9.53 Å². The van der Waals surface area contributed by atoms with Gasteiger partial charge in [0.1, 0.15) is 0 Å². The minimum absolute atomic E-state index is 0.168. The van der Waals surface area contributed by atoms with Crippen LogP contribution < -0.4 is 5.32 Å². The minimum atomic E-state index is 0.168. The first-order valence-corrected chi connectivity index (χ1v) is 10.1. The maximum atomic E-state index is 12.7. The van der Waals surface area contributed by atoms with Gasteiger partial charge in [0.25, 0.3) is 0 Å². The highest BCUT2D eigenvalue weighted by molar-refractivity contribution is 5.75. The molecule has 2 amide bonds. The fourth-order valence-corrected chi connectivity index (χ4v) is 5.42. The summed E-state index contributed by atoms with van der Waals surface area (Å²) < 4.78 is 5.89. The molecule has 2 aliphatic heterocycles. The van der Waals surface area contributed by atoms with Crippen LogP contribution in [0.4, 0.5) is 4.79 Å². The van der Waals surface area contributed by atoms with Crippen LogP contribution in [-0.2, 0) is 4.74 Å². The summed E-state index contributed by atoms with van der Waals surface area (Å²) in [4.78, 5) is 17.4. The Morgan fingerprint density at radius 2 is 1.83 bits per heavy atom.